The van der Waals surface area contributed by atoms with Crippen molar-refractivity contribution in [1.29, 1.82) is 0 Å². The SMILES string of the molecule is CCOC(=O)C1=C(C)N=c2s/c(=C\c3ccc(O)cc3)c(=O)n2C1c1cccc(OC)c1. The van der Waals surface area contributed by atoms with E-state index >= 15 is 0 Å². The van der Waals surface area contributed by atoms with Crippen molar-refractivity contribution in [3.63, 3.8) is 0 Å². The van der Waals surface area contributed by atoms with E-state index in [9.17, 15) is 14.7 Å². The number of rotatable bonds is 5. The van der Waals surface area contributed by atoms with Gasteiger partial charge in [0.2, 0.25) is 0 Å². The zero-order valence-corrected chi connectivity index (χ0v) is 18.7. The Morgan fingerprint density at radius 1 is 1.25 bits per heavy atom. The fraction of sp³-hybridized carbons (Fsp3) is 0.208. The van der Waals surface area contributed by atoms with Gasteiger partial charge in [-0.15, -0.1) is 0 Å². The van der Waals surface area contributed by atoms with Gasteiger partial charge < -0.3 is 14.6 Å². The van der Waals surface area contributed by atoms with Crippen LogP contribution in [0.1, 0.15) is 31.0 Å². The van der Waals surface area contributed by atoms with Crippen molar-refractivity contribution in [2.75, 3.05) is 13.7 Å². The lowest BCUT2D eigenvalue weighted by Crippen LogP contribution is -2.39. The van der Waals surface area contributed by atoms with E-state index in [0.717, 1.165) is 11.1 Å². The minimum absolute atomic E-state index is 0.149. The van der Waals surface area contributed by atoms with Gasteiger partial charge in [-0.1, -0.05) is 35.6 Å². The van der Waals surface area contributed by atoms with E-state index in [-0.39, 0.29) is 17.9 Å². The summed E-state index contributed by atoms with van der Waals surface area (Å²) in [7, 11) is 1.57. The number of aromatic nitrogens is 1. The number of hydrogen-bond acceptors (Lipinski definition) is 7. The maximum atomic E-state index is 13.5. The third-order valence-corrected chi connectivity index (χ3v) is 6.10. The number of allylic oxidation sites excluding steroid dienone is 1. The minimum atomic E-state index is -0.692. The predicted molar refractivity (Wildman–Crippen MR) is 121 cm³/mol. The average Bonchev–Trinajstić information content (AvgIpc) is 3.09. The van der Waals surface area contributed by atoms with Crippen LogP contribution in [0.25, 0.3) is 6.08 Å². The van der Waals surface area contributed by atoms with Crippen molar-refractivity contribution < 1.29 is 19.4 Å². The number of benzene rings is 2. The second-order valence-corrected chi connectivity index (χ2v) is 8.18. The second-order valence-electron chi connectivity index (χ2n) is 7.17. The average molecular weight is 451 g/mol. The lowest BCUT2D eigenvalue weighted by Gasteiger charge is -2.25. The normalized spacial score (nSPS) is 15.8. The first-order valence-corrected chi connectivity index (χ1v) is 10.9. The van der Waals surface area contributed by atoms with Crippen LogP contribution >= 0.6 is 11.3 Å². The third-order valence-electron chi connectivity index (χ3n) is 5.12. The number of methoxy groups -OCH3 is 1. The molecule has 2 heterocycles. The second kappa shape index (κ2) is 8.84. The van der Waals surface area contributed by atoms with Gasteiger partial charge in [0.25, 0.3) is 5.56 Å². The molecule has 1 aromatic heterocycles. The molecule has 0 aliphatic carbocycles. The quantitative estimate of drug-likeness (QED) is 0.604. The van der Waals surface area contributed by atoms with Gasteiger partial charge in [0.1, 0.15) is 11.5 Å². The molecule has 3 aromatic rings. The number of carbonyl (C=O) groups excluding carboxylic acids is 1. The molecule has 1 unspecified atom stereocenters. The van der Waals surface area contributed by atoms with Crippen LogP contribution in [0.2, 0.25) is 0 Å². The molecule has 0 fully saturated rings. The molecule has 0 amide bonds. The summed E-state index contributed by atoms with van der Waals surface area (Å²) in [6.45, 7) is 3.70. The van der Waals surface area contributed by atoms with Gasteiger partial charge in [0.15, 0.2) is 4.80 Å². The number of fused-ring (bicyclic) bond motifs is 1. The highest BCUT2D eigenvalue weighted by Crippen LogP contribution is 2.32. The lowest BCUT2D eigenvalue weighted by atomic mass is 9.95. The number of thiazole rings is 1. The number of carbonyl (C=O) groups is 1. The van der Waals surface area contributed by atoms with E-state index in [2.05, 4.69) is 4.99 Å². The number of phenolic OH excluding ortho intramolecular Hbond substituents is 1. The van der Waals surface area contributed by atoms with Crippen molar-refractivity contribution in [2.24, 2.45) is 4.99 Å². The fourth-order valence-electron chi connectivity index (χ4n) is 3.64. The lowest BCUT2D eigenvalue weighted by molar-refractivity contribution is -0.139. The molecule has 0 bridgehead atoms. The molecule has 8 heteroatoms. The maximum absolute atomic E-state index is 13.5. The summed E-state index contributed by atoms with van der Waals surface area (Å²) in [6, 6.07) is 13.2. The number of phenols is 1. The Bertz CT molecular complexity index is 1380. The van der Waals surface area contributed by atoms with Gasteiger partial charge >= 0.3 is 5.97 Å². The summed E-state index contributed by atoms with van der Waals surface area (Å²) in [4.78, 5) is 31.4. The summed E-state index contributed by atoms with van der Waals surface area (Å²) in [5.74, 6) is 0.261. The Labute approximate surface area is 188 Å². The number of ether oxygens (including phenoxy) is 2. The van der Waals surface area contributed by atoms with Crippen molar-refractivity contribution in [3.05, 3.63) is 90.6 Å². The molecule has 32 heavy (non-hydrogen) atoms. The fourth-order valence-corrected chi connectivity index (χ4v) is 4.69. The third kappa shape index (κ3) is 3.97. The molecule has 2 aromatic carbocycles. The number of aromatic hydroxyl groups is 1. The summed E-state index contributed by atoms with van der Waals surface area (Å²) in [6.07, 6.45) is 1.75. The van der Waals surface area contributed by atoms with Crippen LogP contribution in [-0.4, -0.2) is 29.4 Å². The van der Waals surface area contributed by atoms with E-state index in [4.69, 9.17) is 9.47 Å². The highest BCUT2D eigenvalue weighted by molar-refractivity contribution is 7.07. The van der Waals surface area contributed by atoms with Crippen molar-refractivity contribution in [1.82, 2.24) is 4.57 Å². The summed E-state index contributed by atoms with van der Waals surface area (Å²) >= 11 is 1.25. The van der Waals surface area contributed by atoms with Crippen molar-refractivity contribution in [3.8, 4) is 11.5 Å². The highest BCUT2D eigenvalue weighted by Gasteiger charge is 2.33. The Kier molecular flexibility index (Phi) is 5.96. The van der Waals surface area contributed by atoms with Crippen LogP contribution in [0.3, 0.4) is 0 Å². The smallest absolute Gasteiger partial charge is 0.338 e. The van der Waals surface area contributed by atoms with Crippen molar-refractivity contribution >= 4 is 23.4 Å². The first kappa shape index (κ1) is 21.6. The summed E-state index contributed by atoms with van der Waals surface area (Å²) in [5.41, 5.74) is 2.06. The topological polar surface area (TPSA) is 90.1 Å². The molecule has 0 saturated carbocycles. The minimum Gasteiger partial charge on any atom is -0.508 e. The molecule has 1 N–H and O–H groups in total. The van der Waals surface area contributed by atoms with Crippen LogP contribution in [0, 0.1) is 0 Å². The Morgan fingerprint density at radius 3 is 2.69 bits per heavy atom. The Morgan fingerprint density at radius 2 is 2.00 bits per heavy atom. The molecule has 0 saturated heterocycles. The largest absolute Gasteiger partial charge is 0.508 e. The van der Waals surface area contributed by atoms with Crippen LogP contribution in [0.15, 0.2) is 69.6 Å². The highest BCUT2D eigenvalue weighted by atomic mass is 32.1. The van der Waals surface area contributed by atoms with E-state index in [1.165, 1.54) is 15.9 Å². The molecule has 0 spiro atoms. The molecule has 4 rings (SSSR count). The van der Waals surface area contributed by atoms with E-state index in [1.54, 1.807) is 63.4 Å². The molecule has 7 nitrogen and oxygen atoms in total. The van der Waals surface area contributed by atoms with Gasteiger partial charge in [-0.05, 0) is 55.3 Å². The first-order valence-electron chi connectivity index (χ1n) is 10.1. The van der Waals surface area contributed by atoms with Crippen LogP contribution in [-0.2, 0) is 9.53 Å². The monoisotopic (exact) mass is 450 g/mol. The number of nitrogens with zero attached hydrogens (tertiary/aromatic N) is 2. The van der Waals surface area contributed by atoms with E-state index in [1.807, 2.05) is 12.1 Å². The zero-order valence-electron chi connectivity index (χ0n) is 17.9. The molecular weight excluding hydrogens is 428 g/mol. The van der Waals surface area contributed by atoms with Crippen molar-refractivity contribution in [2.45, 2.75) is 19.9 Å². The van der Waals surface area contributed by atoms with Gasteiger partial charge in [-0.2, -0.15) is 0 Å². The first-order chi connectivity index (χ1) is 15.4. The van der Waals surface area contributed by atoms with E-state index in [0.29, 0.717) is 26.4 Å². The van der Waals surface area contributed by atoms with Crippen LogP contribution < -0.4 is 19.6 Å². The standard InChI is InChI=1S/C24H22N2O5S/c1-4-31-23(29)20-14(2)25-24-26(21(20)16-6-5-7-18(13-16)30-3)22(28)19(32-24)12-15-8-10-17(27)11-9-15/h5-13,21,27H,4H2,1-3H3/b19-12-. The number of hydrogen-bond donors (Lipinski definition) is 1. The summed E-state index contributed by atoms with van der Waals surface area (Å²) < 4.78 is 12.7. The molecular formula is C24H22N2O5S. The van der Waals surface area contributed by atoms with Gasteiger partial charge in [-0.25, -0.2) is 9.79 Å². The zero-order chi connectivity index (χ0) is 22.8. The Hall–Kier alpha value is -3.65. The Balaban J connectivity index is 1.96. The number of esters is 1. The maximum Gasteiger partial charge on any atom is 0.338 e. The molecule has 164 valence electrons. The van der Waals surface area contributed by atoms with Gasteiger partial charge in [0, 0.05) is 0 Å². The van der Waals surface area contributed by atoms with Gasteiger partial charge in [-0.3, -0.25) is 9.36 Å². The molecule has 1 aliphatic heterocycles. The van der Waals surface area contributed by atoms with Crippen LogP contribution in [0.5, 0.6) is 11.5 Å². The summed E-state index contributed by atoms with van der Waals surface area (Å²) in [5, 5.41) is 9.52. The van der Waals surface area contributed by atoms with E-state index < -0.39 is 12.0 Å². The molecule has 1 atom stereocenters. The van der Waals surface area contributed by atoms with Gasteiger partial charge in [0.05, 0.1) is 35.6 Å². The molecule has 0 radical (unpaired) electrons. The molecule has 1 aliphatic rings. The van der Waals surface area contributed by atoms with Crippen LogP contribution in [0.4, 0.5) is 0 Å². The predicted octanol–water partition coefficient (Wildman–Crippen LogP) is 2.51.